The van der Waals surface area contributed by atoms with Gasteiger partial charge in [0.05, 0.1) is 5.69 Å². The summed E-state index contributed by atoms with van der Waals surface area (Å²) in [6, 6.07) is 8.20. The molecule has 3 rings (SSSR count). The minimum absolute atomic E-state index is 0.173. The molecule has 6 heteroatoms. The monoisotopic (exact) mass is 345 g/mol. The smallest absolute Gasteiger partial charge is 0.245 e. The molecule has 0 spiro atoms. The topological polar surface area (TPSA) is 58.3 Å². The van der Waals surface area contributed by atoms with Gasteiger partial charge in [0.1, 0.15) is 0 Å². The van der Waals surface area contributed by atoms with Crippen LogP contribution in [-0.2, 0) is 6.42 Å². The summed E-state index contributed by atoms with van der Waals surface area (Å²) in [6.07, 6.45) is 4.79. The molecule has 24 heavy (non-hydrogen) atoms. The molecular weight excluding hydrogens is 322 g/mol. The average molecular weight is 346 g/mol. The summed E-state index contributed by atoms with van der Waals surface area (Å²) >= 11 is 6.35. The largest absolute Gasteiger partial charge is 0.326 e. The highest BCUT2D eigenvalue weighted by molar-refractivity contribution is 6.31. The van der Waals surface area contributed by atoms with E-state index in [0.717, 1.165) is 54.3 Å². The van der Waals surface area contributed by atoms with E-state index in [-0.39, 0.29) is 6.04 Å². The van der Waals surface area contributed by atoms with Crippen LogP contribution in [0.3, 0.4) is 0 Å². The summed E-state index contributed by atoms with van der Waals surface area (Å²) < 4.78 is 0. The highest BCUT2D eigenvalue weighted by Gasteiger charge is 2.28. The van der Waals surface area contributed by atoms with Crippen molar-refractivity contribution in [1.29, 1.82) is 0 Å². The van der Waals surface area contributed by atoms with Gasteiger partial charge in [-0.3, -0.25) is 0 Å². The maximum absolute atomic E-state index is 6.35. The van der Waals surface area contributed by atoms with Crippen LogP contribution >= 0.6 is 11.6 Å². The molecular formula is C18H24ClN5. The van der Waals surface area contributed by atoms with E-state index >= 15 is 0 Å². The zero-order chi connectivity index (χ0) is 17.1. The molecule has 0 saturated carbocycles. The van der Waals surface area contributed by atoms with Crippen LogP contribution in [0, 0.1) is 6.92 Å². The van der Waals surface area contributed by atoms with Crippen molar-refractivity contribution in [2.45, 2.75) is 39.2 Å². The SMILES string of the molecule is CCCc1ccnc(N(c2ccc(C)c(Cl)c2)N2CC[C@H](N)C2)n1. The van der Waals surface area contributed by atoms with E-state index in [1.807, 2.05) is 31.3 Å². The van der Waals surface area contributed by atoms with Gasteiger partial charge < -0.3 is 5.73 Å². The van der Waals surface area contributed by atoms with Gasteiger partial charge in [-0.15, -0.1) is 0 Å². The van der Waals surface area contributed by atoms with Gasteiger partial charge in [0, 0.05) is 36.0 Å². The highest BCUT2D eigenvalue weighted by Crippen LogP contribution is 2.30. The molecule has 1 fully saturated rings. The molecule has 1 aromatic carbocycles. The van der Waals surface area contributed by atoms with Gasteiger partial charge in [0.15, 0.2) is 0 Å². The fourth-order valence-electron chi connectivity index (χ4n) is 2.95. The number of hydrazine groups is 1. The zero-order valence-corrected chi connectivity index (χ0v) is 15.0. The minimum atomic E-state index is 0.173. The lowest BCUT2D eigenvalue weighted by molar-refractivity contribution is 0.335. The molecule has 1 aliphatic rings. The molecule has 0 bridgehead atoms. The third-order valence-corrected chi connectivity index (χ3v) is 4.69. The van der Waals surface area contributed by atoms with E-state index in [4.69, 9.17) is 22.3 Å². The number of nitrogens with two attached hydrogens (primary N) is 1. The van der Waals surface area contributed by atoms with Gasteiger partial charge in [-0.2, -0.15) is 0 Å². The molecule has 1 aromatic heterocycles. The Morgan fingerprint density at radius 3 is 2.88 bits per heavy atom. The number of nitrogens with zero attached hydrogens (tertiary/aromatic N) is 4. The predicted molar refractivity (Wildman–Crippen MR) is 98.5 cm³/mol. The Hall–Kier alpha value is -1.69. The van der Waals surface area contributed by atoms with E-state index in [9.17, 15) is 0 Å². The Morgan fingerprint density at radius 2 is 2.21 bits per heavy atom. The van der Waals surface area contributed by atoms with Crippen molar-refractivity contribution in [2.75, 3.05) is 18.1 Å². The molecule has 1 aliphatic heterocycles. The van der Waals surface area contributed by atoms with Gasteiger partial charge in [0.2, 0.25) is 5.95 Å². The fourth-order valence-corrected chi connectivity index (χ4v) is 3.13. The first kappa shape index (κ1) is 17.1. The zero-order valence-electron chi connectivity index (χ0n) is 14.2. The number of hydrogen-bond donors (Lipinski definition) is 1. The Labute approximate surface area is 148 Å². The number of aryl methyl sites for hydroxylation is 2. The lowest BCUT2D eigenvalue weighted by atomic mass is 10.2. The first-order chi connectivity index (χ1) is 11.6. The van der Waals surface area contributed by atoms with E-state index in [0.29, 0.717) is 5.95 Å². The second-order valence-electron chi connectivity index (χ2n) is 6.30. The van der Waals surface area contributed by atoms with Gasteiger partial charge in [-0.25, -0.2) is 20.0 Å². The van der Waals surface area contributed by atoms with Crippen molar-refractivity contribution >= 4 is 23.2 Å². The molecule has 5 nitrogen and oxygen atoms in total. The van der Waals surface area contributed by atoms with Crippen molar-refractivity contribution in [3.8, 4) is 0 Å². The second-order valence-corrected chi connectivity index (χ2v) is 6.71. The molecule has 2 N–H and O–H groups in total. The van der Waals surface area contributed by atoms with Crippen LogP contribution in [0.25, 0.3) is 0 Å². The quantitative estimate of drug-likeness (QED) is 0.899. The summed E-state index contributed by atoms with van der Waals surface area (Å²) in [5.41, 5.74) is 9.19. The number of benzene rings is 1. The minimum Gasteiger partial charge on any atom is -0.326 e. The summed E-state index contributed by atoms with van der Waals surface area (Å²) in [4.78, 5) is 9.26. The summed E-state index contributed by atoms with van der Waals surface area (Å²) in [6.45, 7) is 5.82. The Morgan fingerprint density at radius 1 is 1.38 bits per heavy atom. The number of hydrogen-bond acceptors (Lipinski definition) is 5. The van der Waals surface area contributed by atoms with Crippen molar-refractivity contribution < 1.29 is 0 Å². The van der Waals surface area contributed by atoms with Crippen molar-refractivity contribution in [3.63, 3.8) is 0 Å². The predicted octanol–water partition coefficient (Wildman–Crippen LogP) is 3.48. The standard InChI is InChI=1S/C18H24ClN5/c1-3-4-15-7-9-21-18(22-15)24(23-10-8-14(20)12-23)16-6-5-13(2)17(19)11-16/h5-7,9,11,14H,3-4,8,10,12,20H2,1-2H3/t14-/m0/s1. The van der Waals surface area contributed by atoms with Crippen LogP contribution in [0.15, 0.2) is 30.5 Å². The fraction of sp³-hybridized carbons (Fsp3) is 0.444. The van der Waals surface area contributed by atoms with Crippen LogP contribution in [0.2, 0.25) is 5.02 Å². The van der Waals surface area contributed by atoms with Crippen molar-refractivity contribution in [3.05, 3.63) is 46.7 Å². The number of anilines is 2. The molecule has 1 atom stereocenters. The average Bonchev–Trinajstić information content (AvgIpc) is 2.98. The van der Waals surface area contributed by atoms with Gasteiger partial charge in [0.25, 0.3) is 0 Å². The third-order valence-electron chi connectivity index (χ3n) is 4.28. The maximum Gasteiger partial charge on any atom is 0.245 e. The number of aromatic nitrogens is 2. The Bertz CT molecular complexity index is 706. The van der Waals surface area contributed by atoms with Crippen molar-refractivity contribution in [2.24, 2.45) is 5.73 Å². The number of halogens is 1. The van der Waals surface area contributed by atoms with Crippen LogP contribution in [0.4, 0.5) is 11.6 Å². The first-order valence-corrected chi connectivity index (χ1v) is 8.85. The summed E-state index contributed by atoms with van der Waals surface area (Å²) in [5, 5.41) is 5.00. The van der Waals surface area contributed by atoms with Gasteiger partial charge >= 0.3 is 0 Å². The summed E-state index contributed by atoms with van der Waals surface area (Å²) in [5.74, 6) is 0.676. The lowest BCUT2D eigenvalue weighted by Gasteiger charge is -2.32. The molecule has 128 valence electrons. The Kier molecular flexibility index (Phi) is 5.33. The van der Waals surface area contributed by atoms with E-state index in [2.05, 4.69) is 28.0 Å². The Balaban J connectivity index is 2.01. The third kappa shape index (κ3) is 3.69. The highest BCUT2D eigenvalue weighted by atomic mass is 35.5. The maximum atomic E-state index is 6.35. The van der Waals surface area contributed by atoms with Crippen LogP contribution in [0.5, 0.6) is 0 Å². The molecule has 0 radical (unpaired) electrons. The van der Waals surface area contributed by atoms with Crippen molar-refractivity contribution in [1.82, 2.24) is 15.0 Å². The summed E-state index contributed by atoms with van der Waals surface area (Å²) in [7, 11) is 0. The molecule has 0 amide bonds. The van der Waals surface area contributed by atoms with E-state index in [1.165, 1.54) is 0 Å². The molecule has 0 aliphatic carbocycles. The van der Waals surface area contributed by atoms with Crippen LogP contribution in [0.1, 0.15) is 31.0 Å². The second kappa shape index (κ2) is 7.47. The first-order valence-electron chi connectivity index (χ1n) is 8.47. The van der Waals surface area contributed by atoms with E-state index in [1.54, 1.807) is 0 Å². The van der Waals surface area contributed by atoms with Gasteiger partial charge in [-0.1, -0.05) is 31.0 Å². The van der Waals surface area contributed by atoms with Crippen LogP contribution in [-0.4, -0.2) is 34.1 Å². The van der Waals surface area contributed by atoms with E-state index < -0.39 is 0 Å². The molecule has 2 aromatic rings. The molecule has 2 heterocycles. The normalized spacial score (nSPS) is 18.1. The molecule has 1 saturated heterocycles. The van der Waals surface area contributed by atoms with Gasteiger partial charge in [-0.05, 0) is 43.5 Å². The van der Waals surface area contributed by atoms with Crippen LogP contribution < -0.4 is 10.7 Å². The molecule has 0 unspecified atom stereocenters. The lowest BCUT2D eigenvalue weighted by Crippen LogP contribution is -2.40. The number of rotatable bonds is 5.